The van der Waals surface area contributed by atoms with E-state index in [4.69, 9.17) is 14.6 Å². The molecule has 0 fully saturated rings. The van der Waals surface area contributed by atoms with E-state index in [1.54, 1.807) is 41.5 Å². The molecule has 23 heavy (non-hydrogen) atoms. The van der Waals surface area contributed by atoms with Crippen LogP contribution in [0.25, 0.3) is 0 Å². The van der Waals surface area contributed by atoms with E-state index in [2.05, 4.69) is 6.58 Å². The fourth-order valence-electron chi connectivity index (χ4n) is 1.70. The number of ether oxygens (including phenoxy) is 2. The topological polar surface area (TPSA) is 89.9 Å². The summed E-state index contributed by atoms with van der Waals surface area (Å²) in [6.45, 7) is 13.7. The van der Waals surface area contributed by atoms with Crippen LogP contribution in [0, 0.1) is 5.92 Å². The average Bonchev–Trinajstić information content (AvgIpc) is 2.29. The first kappa shape index (κ1) is 21.1. The second kappa shape index (κ2) is 8.13. The van der Waals surface area contributed by atoms with E-state index in [9.17, 15) is 14.4 Å². The van der Waals surface area contributed by atoms with Crippen LogP contribution in [0.2, 0.25) is 0 Å². The van der Waals surface area contributed by atoms with Gasteiger partial charge in [-0.15, -0.1) is 0 Å². The molecule has 0 aromatic carbocycles. The Hall–Kier alpha value is -1.85. The molecule has 0 saturated heterocycles. The van der Waals surface area contributed by atoms with E-state index in [1.807, 2.05) is 0 Å². The number of hydrogen-bond acceptors (Lipinski definition) is 5. The molecule has 0 amide bonds. The third-order valence-electron chi connectivity index (χ3n) is 2.66. The van der Waals surface area contributed by atoms with Crippen molar-refractivity contribution < 1.29 is 29.0 Å². The Balaban J connectivity index is 4.93. The minimum atomic E-state index is -1.09. The predicted molar refractivity (Wildman–Crippen MR) is 85.8 cm³/mol. The molecule has 0 radical (unpaired) electrons. The van der Waals surface area contributed by atoms with Crippen LogP contribution in [0.15, 0.2) is 12.2 Å². The highest BCUT2D eigenvalue weighted by Gasteiger charge is 2.34. The third-order valence-corrected chi connectivity index (χ3v) is 2.66. The van der Waals surface area contributed by atoms with Crippen molar-refractivity contribution >= 4 is 17.9 Å². The van der Waals surface area contributed by atoms with Crippen molar-refractivity contribution in [3.05, 3.63) is 12.2 Å². The number of carboxylic acid groups (broad SMARTS) is 1. The van der Waals surface area contributed by atoms with Gasteiger partial charge < -0.3 is 14.6 Å². The van der Waals surface area contributed by atoms with Crippen LogP contribution in [0.5, 0.6) is 0 Å². The largest absolute Gasteiger partial charge is 0.478 e. The molecule has 0 aliphatic rings. The first-order chi connectivity index (χ1) is 10.2. The summed E-state index contributed by atoms with van der Waals surface area (Å²) >= 11 is 0. The number of hydrogen-bond donors (Lipinski definition) is 1. The van der Waals surface area contributed by atoms with Crippen molar-refractivity contribution in [2.75, 3.05) is 0 Å². The summed E-state index contributed by atoms with van der Waals surface area (Å²) in [4.78, 5) is 35.2. The summed E-state index contributed by atoms with van der Waals surface area (Å²) in [6, 6.07) is 0. The zero-order chi connectivity index (χ0) is 18.4. The minimum absolute atomic E-state index is 0.0390. The van der Waals surface area contributed by atoms with Crippen LogP contribution in [0.3, 0.4) is 0 Å². The summed E-state index contributed by atoms with van der Waals surface area (Å²) in [5, 5.41) is 8.79. The Morgan fingerprint density at radius 3 is 1.65 bits per heavy atom. The standard InChI is InChI=1S/C17H28O6/c1-11(13(18)19)9-8-10-12(14(20)22-16(2,3)4)15(21)23-17(5,6)7/h12H,1,8-10H2,2-7H3,(H,18,19). The van der Waals surface area contributed by atoms with Crippen LogP contribution in [-0.4, -0.2) is 34.2 Å². The fourth-order valence-corrected chi connectivity index (χ4v) is 1.70. The van der Waals surface area contributed by atoms with Crippen LogP contribution in [-0.2, 0) is 23.9 Å². The van der Waals surface area contributed by atoms with E-state index < -0.39 is 35.0 Å². The quantitative estimate of drug-likeness (QED) is 0.439. The maximum Gasteiger partial charge on any atom is 0.330 e. The van der Waals surface area contributed by atoms with Crippen LogP contribution >= 0.6 is 0 Å². The molecule has 0 aromatic heterocycles. The summed E-state index contributed by atoms with van der Waals surface area (Å²) in [5.41, 5.74) is -1.40. The molecule has 0 atom stereocenters. The van der Waals surface area contributed by atoms with Crippen molar-refractivity contribution in [3.63, 3.8) is 0 Å². The molecule has 0 spiro atoms. The normalized spacial score (nSPS) is 12.0. The molecule has 0 heterocycles. The number of esters is 2. The monoisotopic (exact) mass is 328 g/mol. The van der Waals surface area contributed by atoms with E-state index in [-0.39, 0.29) is 18.4 Å². The molecule has 0 aliphatic heterocycles. The van der Waals surface area contributed by atoms with Crippen LogP contribution in [0.1, 0.15) is 60.8 Å². The Bertz CT molecular complexity index is 436. The summed E-state index contributed by atoms with van der Waals surface area (Å²) in [5.74, 6) is -3.48. The Morgan fingerprint density at radius 1 is 0.957 bits per heavy atom. The van der Waals surface area contributed by atoms with Gasteiger partial charge in [0.1, 0.15) is 11.2 Å². The zero-order valence-electron chi connectivity index (χ0n) is 14.9. The van der Waals surface area contributed by atoms with Gasteiger partial charge in [-0.1, -0.05) is 6.58 Å². The highest BCUT2D eigenvalue weighted by atomic mass is 16.6. The number of carbonyl (C=O) groups is 3. The molecule has 6 heteroatoms. The van der Waals surface area contributed by atoms with Gasteiger partial charge in [-0.2, -0.15) is 0 Å². The van der Waals surface area contributed by atoms with Gasteiger partial charge in [0.05, 0.1) is 0 Å². The van der Waals surface area contributed by atoms with Gasteiger partial charge in [-0.25, -0.2) is 4.79 Å². The van der Waals surface area contributed by atoms with Crippen molar-refractivity contribution in [3.8, 4) is 0 Å². The van der Waals surface area contributed by atoms with Gasteiger partial charge in [-0.3, -0.25) is 9.59 Å². The van der Waals surface area contributed by atoms with Crippen molar-refractivity contribution in [2.24, 2.45) is 5.92 Å². The number of aliphatic carboxylic acids is 1. The summed E-state index contributed by atoms with van der Waals surface area (Å²) in [7, 11) is 0. The maximum absolute atomic E-state index is 12.2. The van der Waals surface area contributed by atoms with Gasteiger partial charge in [0.25, 0.3) is 0 Å². The number of rotatable bonds is 7. The summed E-state index contributed by atoms with van der Waals surface area (Å²) < 4.78 is 10.5. The van der Waals surface area contributed by atoms with E-state index in [0.717, 1.165) is 0 Å². The van der Waals surface area contributed by atoms with E-state index in [1.165, 1.54) is 0 Å². The van der Waals surface area contributed by atoms with Crippen LogP contribution in [0.4, 0.5) is 0 Å². The highest BCUT2D eigenvalue weighted by Crippen LogP contribution is 2.21. The molecule has 0 rings (SSSR count). The van der Waals surface area contributed by atoms with Gasteiger partial charge in [0.2, 0.25) is 0 Å². The van der Waals surface area contributed by atoms with E-state index >= 15 is 0 Å². The Morgan fingerprint density at radius 2 is 1.35 bits per heavy atom. The van der Waals surface area contributed by atoms with Gasteiger partial charge >= 0.3 is 17.9 Å². The third kappa shape index (κ3) is 9.71. The molecule has 0 unspecified atom stereocenters. The average molecular weight is 328 g/mol. The van der Waals surface area contributed by atoms with Gasteiger partial charge in [0.15, 0.2) is 5.92 Å². The number of carbonyl (C=O) groups excluding carboxylic acids is 2. The number of carboxylic acids is 1. The van der Waals surface area contributed by atoms with Crippen molar-refractivity contribution in [1.82, 2.24) is 0 Å². The Kier molecular flexibility index (Phi) is 7.48. The fraction of sp³-hybridized carbons (Fsp3) is 0.706. The molecular formula is C17H28O6. The lowest BCUT2D eigenvalue weighted by Crippen LogP contribution is -2.36. The summed E-state index contributed by atoms with van der Waals surface area (Å²) in [6.07, 6.45) is 0.668. The molecule has 6 nitrogen and oxygen atoms in total. The molecule has 0 saturated carbocycles. The first-order valence-electron chi connectivity index (χ1n) is 7.60. The predicted octanol–water partition coefficient (Wildman–Crippen LogP) is 3.10. The van der Waals surface area contributed by atoms with Crippen molar-refractivity contribution in [2.45, 2.75) is 72.0 Å². The molecule has 1 N–H and O–H groups in total. The lowest BCUT2D eigenvalue weighted by Gasteiger charge is -2.26. The lowest BCUT2D eigenvalue weighted by atomic mass is 9.99. The lowest BCUT2D eigenvalue weighted by molar-refractivity contribution is -0.174. The second-order valence-electron chi connectivity index (χ2n) is 7.42. The molecule has 0 bridgehead atoms. The molecule has 0 aliphatic carbocycles. The zero-order valence-corrected chi connectivity index (χ0v) is 14.9. The molecule has 132 valence electrons. The highest BCUT2D eigenvalue weighted by molar-refractivity contribution is 5.95. The van der Waals surface area contributed by atoms with E-state index in [0.29, 0.717) is 6.42 Å². The SMILES string of the molecule is C=C(CCCC(C(=O)OC(C)(C)C)C(=O)OC(C)(C)C)C(=O)O. The minimum Gasteiger partial charge on any atom is -0.478 e. The maximum atomic E-state index is 12.2. The second-order valence-corrected chi connectivity index (χ2v) is 7.42. The van der Waals surface area contributed by atoms with Crippen LogP contribution < -0.4 is 0 Å². The van der Waals surface area contributed by atoms with Crippen molar-refractivity contribution in [1.29, 1.82) is 0 Å². The Labute approximate surface area is 137 Å². The molecular weight excluding hydrogens is 300 g/mol. The molecule has 0 aromatic rings. The smallest absolute Gasteiger partial charge is 0.330 e. The van der Waals surface area contributed by atoms with Gasteiger partial charge in [-0.05, 0) is 60.8 Å². The first-order valence-corrected chi connectivity index (χ1v) is 7.60. The van der Waals surface area contributed by atoms with Gasteiger partial charge in [0, 0.05) is 5.57 Å².